The van der Waals surface area contributed by atoms with Crippen LogP contribution in [0.15, 0.2) is 0 Å². The number of carbonyl (C=O) groups is 1. The first-order valence-electron chi connectivity index (χ1n) is 9.17. The van der Waals surface area contributed by atoms with Crippen LogP contribution in [0.5, 0.6) is 0 Å². The van der Waals surface area contributed by atoms with E-state index in [1.807, 2.05) is 0 Å². The highest BCUT2D eigenvalue weighted by Crippen LogP contribution is 2.14. The van der Waals surface area contributed by atoms with Crippen molar-refractivity contribution in [1.29, 1.82) is 0 Å². The molecule has 0 aliphatic carbocycles. The molecule has 132 valence electrons. The minimum Gasteiger partial charge on any atom is -0.481 e. The molecule has 3 N–H and O–H groups in total. The first kappa shape index (κ1) is 21.4. The molecule has 1 unspecified atom stereocenters. The largest absolute Gasteiger partial charge is 0.481 e. The molecule has 0 radical (unpaired) electrons. The molecule has 0 amide bonds. The van der Waals surface area contributed by atoms with Gasteiger partial charge in [0, 0.05) is 13.0 Å². The Balaban J connectivity index is 3.13. The standard InChI is InChI=1S/C18H36O4/c19-16-12-8-7-10-14-17(20)13-9-5-3-1-2-4-6-11-15-18(21)22/h17,19-20H,1-16H2,(H,21,22). The molecule has 1 atom stereocenters. The number of hydrogen-bond donors (Lipinski definition) is 3. The van der Waals surface area contributed by atoms with Gasteiger partial charge in [0.25, 0.3) is 0 Å². The molecule has 0 aliphatic rings. The Labute approximate surface area is 135 Å². The van der Waals surface area contributed by atoms with Crippen molar-refractivity contribution in [2.45, 2.75) is 102 Å². The molecular weight excluding hydrogens is 280 g/mol. The average Bonchev–Trinajstić information content (AvgIpc) is 2.48. The van der Waals surface area contributed by atoms with Crippen molar-refractivity contribution in [2.75, 3.05) is 6.61 Å². The fourth-order valence-electron chi connectivity index (χ4n) is 2.71. The average molecular weight is 316 g/mol. The van der Waals surface area contributed by atoms with Crippen LogP contribution in [0.4, 0.5) is 0 Å². The third-order valence-corrected chi connectivity index (χ3v) is 4.12. The molecule has 0 aliphatic heterocycles. The second kappa shape index (κ2) is 16.8. The predicted octanol–water partition coefficient (Wildman–Crippen LogP) is 4.28. The third-order valence-electron chi connectivity index (χ3n) is 4.12. The van der Waals surface area contributed by atoms with Crippen molar-refractivity contribution in [3.8, 4) is 0 Å². The summed E-state index contributed by atoms with van der Waals surface area (Å²) in [5, 5.41) is 27.0. The Hall–Kier alpha value is -0.610. The zero-order valence-electron chi connectivity index (χ0n) is 14.1. The van der Waals surface area contributed by atoms with Crippen LogP contribution in [-0.2, 0) is 4.79 Å². The number of aliphatic hydroxyl groups is 2. The molecule has 4 heteroatoms. The number of hydrogen-bond acceptors (Lipinski definition) is 3. The van der Waals surface area contributed by atoms with E-state index in [2.05, 4.69) is 0 Å². The Morgan fingerprint density at radius 1 is 0.682 bits per heavy atom. The molecule has 0 saturated heterocycles. The molecule has 0 heterocycles. The van der Waals surface area contributed by atoms with Gasteiger partial charge in [-0.2, -0.15) is 0 Å². The summed E-state index contributed by atoms with van der Waals surface area (Å²) in [6.07, 6.45) is 15.0. The summed E-state index contributed by atoms with van der Waals surface area (Å²) in [5.41, 5.74) is 0. The summed E-state index contributed by atoms with van der Waals surface area (Å²) in [4.78, 5) is 10.3. The molecule has 0 spiro atoms. The maximum atomic E-state index is 10.3. The monoisotopic (exact) mass is 316 g/mol. The van der Waals surface area contributed by atoms with Crippen LogP contribution in [0, 0.1) is 0 Å². The normalized spacial score (nSPS) is 12.5. The SMILES string of the molecule is O=C(O)CCCCCCCCCCC(O)CCCCCCO. The van der Waals surface area contributed by atoms with E-state index in [1.165, 1.54) is 25.7 Å². The van der Waals surface area contributed by atoms with Gasteiger partial charge in [-0.3, -0.25) is 4.79 Å². The highest BCUT2D eigenvalue weighted by molar-refractivity contribution is 5.66. The number of rotatable bonds is 17. The molecule has 4 nitrogen and oxygen atoms in total. The first-order chi connectivity index (χ1) is 10.7. The minimum absolute atomic E-state index is 0.148. The van der Waals surface area contributed by atoms with Crippen molar-refractivity contribution >= 4 is 5.97 Å². The van der Waals surface area contributed by atoms with Crippen LogP contribution in [0.3, 0.4) is 0 Å². The van der Waals surface area contributed by atoms with Crippen LogP contribution >= 0.6 is 0 Å². The summed E-state index contributed by atoms with van der Waals surface area (Å²) >= 11 is 0. The lowest BCUT2D eigenvalue weighted by Crippen LogP contribution is -2.06. The second-order valence-corrected chi connectivity index (χ2v) is 6.34. The molecule has 0 aromatic heterocycles. The van der Waals surface area contributed by atoms with E-state index in [9.17, 15) is 9.90 Å². The van der Waals surface area contributed by atoms with E-state index in [-0.39, 0.29) is 12.7 Å². The van der Waals surface area contributed by atoms with Gasteiger partial charge < -0.3 is 15.3 Å². The van der Waals surface area contributed by atoms with Crippen molar-refractivity contribution in [2.24, 2.45) is 0 Å². The lowest BCUT2D eigenvalue weighted by molar-refractivity contribution is -0.137. The molecular formula is C18H36O4. The van der Waals surface area contributed by atoms with Gasteiger partial charge in [-0.25, -0.2) is 0 Å². The minimum atomic E-state index is -0.688. The Bertz CT molecular complexity index is 243. The summed E-state index contributed by atoms with van der Waals surface area (Å²) in [6, 6.07) is 0. The van der Waals surface area contributed by atoms with Gasteiger partial charge in [0.15, 0.2) is 0 Å². The molecule has 0 fully saturated rings. The molecule has 0 aromatic rings. The summed E-state index contributed by atoms with van der Waals surface area (Å²) < 4.78 is 0. The molecule has 22 heavy (non-hydrogen) atoms. The van der Waals surface area contributed by atoms with E-state index in [4.69, 9.17) is 10.2 Å². The van der Waals surface area contributed by atoms with Gasteiger partial charge in [-0.15, -0.1) is 0 Å². The van der Waals surface area contributed by atoms with E-state index < -0.39 is 5.97 Å². The van der Waals surface area contributed by atoms with Gasteiger partial charge in [-0.1, -0.05) is 64.2 Å². The number of carboxylic acid groups (broad SMARTS) is 1. The molecule has 0 aromatic carbocycles. The highest BCUT2D eigenvalue weighted by atomic mass is 16.4. The van der Waals surface area contributed by atoms with Crippen molar-refractivity contribution < 1.29 is 20.1 Å². The zero-order chi connectivity index (χ0) is 16.5. The van der Waals surface area contributed by atoms with Crippen molar-refractivity contribution in [3.63, 3.8) is 0 Å². The van der Waals surface area contributed by atoms with E-state index in [0.29, 0.717) is 6.42 Å². The lowest BCUT2D eigenvalue weighted by atomic mass is 10.0. The van der Waals surface area contributed by atoms with Crippen LogP contribution in [0.1, 0.15) is 96.3 Å². The van der Waals surface area contributed by atoms with Crippen molar-refractivity contribution in [1.82, 2.24) is 0 Å². The second-order valence-electron chi connectivity index (χ2n) is 6.34. The first-order valence-corrected chi connectivity index (χ1v) is 9.17. The highest BCUT2D eigenvalue weighted by Gasteiger charge is 2.03. The van der Waals surface area contributed by atoms with Gasteiger partial charge in [0.05, 0.1) is 6.10 Å². The van der Waals surface area contributed by atoms with Crippen LogP contribution in [0.25, 0.3) is 0 Å². The van der Waals surface area contributed by atoms with Gasteiger partial charge in [0.2, 0.25) is 0 Å². The number of carboxylic acids is 1. The van der Waals surface area contributed by atoms with Crippen LogP contribution in [0.2, 0.25) is 0 Å². The fourth-order valence-corrected chi connectivity index (χ4v) is 2.71. The molecule has 0 bridgehead atoms. The maximum Gasteiger partial charge on any atom is 0.303 e. The summed E-state index contributed by atoms with van der Waals surface area (Å²) in [5.74, 6) is -0.688. The smallest absolute Gasteiger partial charge is 0.303 e. The maximum absolute atomic E-state index is 10.3. The van der Waals surface area contributed by atoms with E-state index in [0.717, 1.165) is 64.2 Å². The Morgan fingerprint density at radius 2 is 1.09 bits per heavy atom. The van der Waals surface area contributed by atoms with Gasteiger partial charge in [0.1, 0.15) is 0 Å². The van der Waals surface area contributed by atoms with Crippen LogP contribution < -0.4 is 0 Å². The number of aliphatic carboxylic acids is 1. The third kappa shape index (κ3) is 17.4. The van der Waals surface area contributed by atoms with Gasteiger partial charge >= 0.3 is 5.97 Å². The number of unbranched alkanes of at least 4 members (excludes halogenated alkanes) is 10. The Kier molecular flexibility index (Phi) is 16.3. The summed E-state index contributed by atoms with van der Waals surface area (Å²) in [6.45, 7) is 0.280. The van der Waals surface area contributed by atoms with E-state index >= 15 is 0 Å². The lowest BCUT2D eigenvalue weighted by Gasteiger charge is -2.10. The quantitative estimate of drug-likeness (QED) is 0.350. The van der Waals surface area contributed by atoms with Gasteiger partial charge in [-0.05, 0) is 25.7 Å². The van der Waals surface area contributed by atoms with Crippen molar-refractivity contribution in [3.05, 3.63) is 0 Å². The topological polar surface area (TPSA) is 77.8 Å². The van der Waals surface area contributed by atoms with E-state index in [1.54, 1.807) is 0 Å². The molecule has 0 rings (SSSR count). The summed E-state index contributed by atoms with van der Waals surface area (Å²) in [7, 11) is 0. The predicted molar refractivity (Wildman–Crippen MR) is 90.0 cm³/mol. The molecule has 0 saturated carbocycles. The Morgan fingerprint density at radius 3 is 1.55 bits per heavy atom. The zero-order valence-corrected chi connectivity index (χ0v) is 14.1. The fraction of sp³-hybridized carbons (Fsp3) is 0.944. The number of aliphatic hydroxyl groups excluding tert-OH is 2. The van der Waals surface area contributed by atoms with Crippen LogP contribution in [-0.4, -0.2) is 34.0 Å².